The van der Waals surface area contributed by atoms with Crippen molar-refractivity contribution in [2.75, 3.05) is 32.8 Å². The molecule has 16 heavy (non-hydrogen) atoms. The number of carboxylic acid groups (broad SMARTS) is 1. The summed E-state index contributed by atoms with van der Waals surface area (Å²) < 4.78 is 5.42. The highest BCUT2D eigenvalue weighted by atomic mass is 16.5. The number of carbonyl (C=O) groups is 1. The average molecular weight is 228 g/mol. The molecule has 2 rings (SSSR count). The predicted octanol–water partition coefficient (Wildman–Crippen LogP) is -0.0861. The van der Waals surface area contributed by atoms with E-state index in [0.29, 0.717) is 12.6 Å². The number of aliphatic carboxylic acids is 1. The standard InChI is InChI=1S/C11H20N2O3/c14-11(15)10-8-12-4-5-13(10)9-2-1-6-16-7-3-9/h9-10,12H,1-8H2,(H,14,15). The molecule has 2 heterocycles. The molecule has 2 N–H and O–H groups in total. The number of hydrogen-bond acceptors (Lipinski definition) is 4. The highest BCUT2D eigenvalue weighted by molar-refractivity contribution is 5.74. The molecule has 0 bridgehead atoms. The first-order chi connectivity index (χ1) is 7.79. The predicted molar refractivity (Wildman–Crippen MR) is 59.5 cm³/mol. The van der Waals surface area contributed by atoms with Crippen LogP contribution in [0.15, 0.2) is 0 Å². The Morgan fingerprint density at radius 3 is 3.06 bits per heavy atom. The molecule has 2 atom stereocenters. The number of piperazine rings is 1. The molecule has 0 saturated carbocycles. The van der Waals surface area contributed by atoms with Crippen molar-refractivity contribution in [2.45, 2.75) is 31.3 Å². The van der Waals surface area contributed by atoms with E-state index in [1.54, 1.807) is 0 Å². The summed E-state index contributed by atoms with van der Waals surface area (Å²) >= 11 is 0. The first kappa shape index (κ1) is 11.8. The molecule has 2 unspecified atom stereocenters. The maximum absolute atomic E-state index is 11.2. The van der Waals surface area contributed by atoms with Crippen LogP contribution in [-0.4, -0.2) is 60.9 Å². The Balaban J connectivity index is 2.00. The molecule has 2 aliphatic heterocycles. The third kappa shape index (κ3) is 2.72. The van der Waals surface area contributed by atoms with Gasteiger partial charge in [-0.15, -0.1) is 0 Å². The van der Waals surface area contributed by atoms with E-state index in [9.17, 15) is 9.90 Å². The Morgan fingerprint density at radius 1 is 1.38 bits per heavy atom. The van der Waals surface area contributed by atoms with Crippen LogP contribution in [0.5, 0.6) is 0 Å². The summed E-state index contributed by atoms with van der Waals surface area (Å²) in [6.07, 6.45) is 3.06. The summed E-state index contributed by atoms with van der Waals surface area (Å²) in [5.41, 5.74) is 0. The Bertz CT molecular complexity index is 239. The van der Waals surface area contributed by atoms with Gasteiger partial charge in [0.1, 0.15) is 6.04 Å². The quantitative estimate of drug-likeness (QED) is 0.692. The molecule has 0 aliphatic carbocycles. The highest BCUT2D eigenvalue weighted by Gasteiger charge is 2.33. The second-order valence-corrected chi connectivity index (χ2v) is 4.49. The van der Waals surface area contributed by atoms with Crippen molar-refractivity contribution in [1.82, 2.24) is 10.2 Å². The van der Waals surface area contributed by atoms with E-state index in [2.05, 4.69) is 10.2 Å². The number of hydrogen-bond donors (Lipinski definition) is 2. The van der Waals surface area contributed by atoms with Gasteiger partial charge in [-0.25, -0.2) is 0 Å². The van der Waals surface area contributed by atoms with Crippen molar-refractivity contribution in [2.24, 2.45) is 0 Å². The molecule has 0 spiro atoms. The molecule has 2 saturated heterocycles. The number of carboxylic acids is 1. The lowest BCUT2D eigenvalue weighted by Gasteiger charge is -2.39. The van der Waals surface area contributed by atoms with Crippen molar-refractivity contribution in [1.29, 1.82) is 0 Å². The van der Waals surface area contributed by atoms with E-state index in [1.165, 1.54) is 0 Å². The second-order valence-electron chi connectivity index (χ2n) is 4.49. The maximum Gasteiger partial charge on any atom is 0.322 e. The fourth-order valence-electron chi connectivity index (χ4n) is 2.60. The molecule has 2 aliphatic rings. The lowest BCUT2D eigenvalue weighted by atomic mass is 10.0. The summed E-state index contributed by atoms with van der Waals surface area (Å²) in [5, 5.41) is 12.3. The van der Waals surface area contributed by atoms with E-state index in [4.69, 9.17) is 4.74 Å². The van der Waals surface area contributed by atoms with Crippen molar-refractivity contribution >= 4 is 5.97 Å². The minimum Gasteiger partial charge on any atom is -0.480 e. The first-order valence-electron chi connectivity index (χ1n) is 6.06. The van der Waals surface area contributed by atoms with Gasteiger partial charge in [-0.1, -0.05) is 0 Å². The van der Waals surface area contributed by atoms with Crippen molar-refractivity contribution < 1.29 is 14.6 Å². The van der Waals surface area contributed by atoms with Gasteiger partial charge < -0.3 is 15.2 Å². The number of nitrogens with zero attached hydrogens (tertiary/aromatic N) is 1. The van der Waals surface area contributed by atoms with Crippen LogP contribution in [0.2, 0.25) is 0 Å². The minimum absolute atomic E-state index is 0.364. The van der Waals surface area contributed by atoms with Crippen LogP contribution in [0.3, 0.4) is 0 Å². The molecule has 5 nitrogen and oxygen atoms in total. The van der Waals surface area contributed by atoms with Gasteiger partial charge >= 0.3 is 5.97 Å². The monoisotopic (exact) mass is 228 g/mol. The highest BCUT2D eigenvalue weighted by Crippen LogP contribution is 2.19. The van der Waals surface area contributed by atoms with Gasteiger partial charge in [-0.05, 0) is 19.3 Å². The van der Waals surface area contributed by atoms with Crippen LogP contribution in [-0.2, 0) is 9.53 Å². The van der Waals surface area contributed by atoms with Gasteiger partial charge in [0.25, 0.3) is 0 Å². The molecule has 0 amide bonds. The number of nitrogens with one attached hydrogen (secondary N) is 1. The van der Waals surface area contributed by atoms with E-state index < -0.39 is 5.97 Å². The number of ether oxygens (including phenoxy) is 1. The Hall–Kier alpha value is -0.650. The minimum atomic E-state index is -0.711. The van der Waals surface area contributed by atoms with Crippen LogP contribution >= 0.6 is 0 Å². The van der Waals surface area contributed by atoms with Gasteiger partial charge in [0, 0.05) is 38.9 Å². The zero-order valence-corrected chi connectivity index (χ0v) is 9.52. The van der Waals surface area contributed by atoms with E-state index in [-0.39, 0.29) is 6.04 Å². The Labute approximate surface area is 95.8 Å². The summed E-state index contributed by atoms with van der Waals surface area (Å²) in [4.78, 5) is 13.3. The Kier molecular flexibility index (Phi) is 4.15. The second kappa shape index (κ2) is 5.61. The molecule has 92 valence electrons. The first-order valence-corrected chi connectivity index (χ1v) is 6.06. The van der Waals surface area contributed by atoms with Crippen LogP contribution in [0, 0.1) is 0 Å². The van der Waals surface area contributed by atoms with Crippen LogP contribution in [0.4, 0.5) is 0 Å². The molecule has 0 radical (unpaired) electrons. The summed E-state index contributed by atoms with van der Waals surface area (Å²) in [7, 11) is 0. The van der Waals surface area contributed by atoms with E-state index in [0.717, 1.165) is 45.6 Å². The SMILES string of the molecule is O=C(O)C1CNCCN1C1CCCOCC1. The third-order valence-electron chi connectivity index (χ3n) is 3.46. The summed E-state index contributed by atoms with van der Waals surface area (Å²) in [5.74, 6) is -0.711. The molecular weight excluding hydrogens is 208 g/mol. The van der Waals surface area contributed by atoms with Crippen LogP contribution in [0.1, 0.15) is 19.3 Å². The van der Waals surface area contributed by atoms with Gasteiger partial charge in [-0.3, -0.25) is 9.69 Å². The molecule has 2 fully saturated rings. The largest absolute Gasteiger partial charge is 0.480 e. The van der Waals surface area contributed by atoms with Gasteiger partial charge in [0.15, 0.2) is 0 Å². The fraction of sp³-hybridized carbons (Fsp3) is 0.909. The maximum atomic E-state index is 11.2. The van der Waals surface area contributed by atoms with Crippen LogP contribution in [0.25, 0.3) is 0 Å². The molecule has 0 aromatic carbocycles. The summed E-state index contributed by atoms with van der Waals surface area (Å²) in [6, 6.07) is 0.0162. The molecule has 0 aromatic heterocycles. The topological polar surface area (TPSA) is 61.8 Å². The molecular formula is C11H20N2O3. The zero-order valence-electron chi connectivity index (χ0n) is 9.52. The summed E-state index contributed by atoms with van der Waals surface area (Å²) in [6.45, 7) is 3.87. The molecule has 0 aromatic rings. The van der Waals surface area contributed by atoms with E-state index >= 15 is 0 Å². The van der Waals surface area contributed by atoms with Crippen LogP contribution < -0.4 is 5.32 Å². The van der Waals surface area contributed by atoms with Gasteiger partial charge in [0.05, 0.1) is 0 Å². The average Bonchev–Trinajstić information content (AvgIpc) is 2.57. The number of rotatable bonds is 2. The van der Waals surface area contributed by atoms with Crippen molar-refractivity contribution in [3.05, 3.63) is 0 Å². The normalized spacial score (nSPS) is 33.2. The lowest BCUT2D eigenvalue weighted by Crippen LogP contribution is -2.58. The van der Waals surface area contributed by atoms with E-state index in [1.807, 2.05) is 0 Å². The zero-order chi connectivity index (χ0) is 11.4. The van der Waals surface area contributed by atoms with Crippen molar-refractivity contribution in [3.8, 4) is 0 Å². The lowest BCUT2D eigenvalue weighted by molar-refractivity contribution is -0.145. The third-order valence-corrected chi connectivity index (χ3v) is 3.46. The van der Waals surface area contributed by atoms with Gasteiger partial charge in [-0.2, -0.15) is 0 Å². The smallest absolute Gasteiger partial charge is 0.322 e. The fourth-order valence-corrected chi connectivity index (χ4v) is 2.60. The Morgan fingerprint density at radius 2 is 2.25 bits per heavy atom. The van der Waals surface area contributed by atoms with Gasteiger partial charge in [0.2, 0.25) is 0 Å². The molecule has 5 heteroatoms. The van der Waals surface area contributed by atoms with Crippen molar-refractivity contribution in [3.63, 3.8) is 0 Å².